The van der Waals surface area contributed by atoms with Gasteiger partial charge < -0.3 is 15.2 Å². The van der Waals surface area contributed by atoms with Crippen LogP contribution in [0.5, 0.6) is 0 Å². The monoisotopic (exact) mass is 284 g/mol. The zero-order valence-electron chi connectivity index (χ0n) is 10.6. The second kappa shape index (κ2) is 7.19. The van der Waals surface area contributed by atoms with Gasteiger partial charge >= 0.3 is 12.0 Å². The molecule has 7 nitrogen and oxygen atoms in total. The van der Waals surface area contributed by atoms with Crippen molar-refractivity contribution < 1.29 is 28.6 Å². The Kier molecular flexibility index (Phi) is 5.60. The van der Waals surface area contributed by atoms with E-state index in [2.05, 4.69) is 10.1 Å². The van der Waals surface area contributed by atoms with Gasteiger partial charge in [0, 0.05) is 5.69 Å². The topological polar surface area (TPSA) is 105 Å². The minimum absolute atomic E-state index is 0.320. The van der Waals surface area contributed by atoms with E-state index in [4.69, 9.17) is 5.11 Å². The fourth-order valence-electron chi connectivity index (χ4n) is 1.28. The van der Waals surface area contributed by atoms with Gasteiger partial charge in [-0.1, -0.05) is 0 Å². The van der Waals surface area contributed by atoms with Crippen LogP contribution in [0.15, 0.2) is 18.2 Å². The van der Waals surface area contributed by atoms with E-state index < -0.39 is 36.9 Å². The van der Waals surface area contributed by atoms with Crippen molar-refractivity contribution in [3.8, 4) is 0 Å². The molecule has 3 amide bonds. The number of rotatable bonds is 5. The second-order valence-corrected chi connectivity index (χ2v) is 3.85. The van der Waals surface area contributed by atoms with Gasteiger partial charge in [0.2, 0.25) is 0 Å². The third kappa shape index (κ3) is 5.44. The number of hydrogen-bond acceptors (Lipinski definition) is 4. The molecule has 0 saturated carbocycles. The number of imide groups is 1. The Morgan fingerprint density at radius 3 is 2.60 bits per heavy atom. The van der Waals surface area contributed by atoms with Gasteiger partial charge in [0.25, 0.3) is 5.91 Å². The number of carbonyl (C=O) groups excluding carboxylic acids is 2. The van der Waals surface area contributed by atoms with E-state index in [1.165, 1.54) is 25.1 Å². The molecule has 0 aliphatic heterocycles. The van der Waals surface area contributed by atoms with Crippen molar-refractivity contribution in [1.29, 1.82) is 0 Å². The molecule has 1 aromatic rings. The number of carboxylic acid groups (broad SMARTS) is 1. The predicted molar refractivity (Wildman–Crippen MR) is 66.8 cm³/mol. The van der Waals surface area contributed by atoms with Gasteiger partial charge in [-0.05, 0) is 30.7 Å². The lowest BCUT2D eigenvalue weighted by molar-refractivity contribution is -0.143. The van der Waals surface area contributed by atoms with Crippen LogP contribution in [-0.2, 0) is 14.3 Å². The van der Waals surface area contributed by atoms with Crippen molar-refractivity contribution in [3.05, 3.63) is 29.6 Å². The molecule has 0 saturated heterocycles. The first-order valence-corrected chi connectivity index (χ1v) is 5.55. The third-order valence-electron chi connectivity index (χ3n) is 2.13. The summed E-state index contributed by atoms with van der Waals surface area (Å²) in [6.45, 7) is 0.345. The highest BCUT2D eigenvalue weighted by Gasteiger charge is 2.09. The molecular formula is C12H13FN2O5. The third-order valence-corrected chi connectivity index (χ3v) is 2.13. The summed E-state index contributed by atoms with van der Waals surface area (Å²) in [6.07, 6.45) is 0. The second-order valence-electron chi connectivity index (χ2n) is 3.85. The van der Waals surface area contributed by atoms with Crippen molar-refractivity contribution in [3.63, 3.8) is 0 Å². The lowest BCUT2D eigenvalue weighted by Gasteiger charge is -2.07. The molecule has 0 unspecified atom stereocenters. The first kappa shape index (κ1) is 15.6. The van der Waals surface area contributed by atoms with Crippen LogP contribution < -0.4 is 10.6 Å². The molecule has 0 aliphatic carbocycles. The summed E-state index contributed by atoms with van der Waals surface area (Å²) in [5.74, 6) is -2.42. The summed E-state index contributed by atoms with van der Waals surface area (Å²) in [5.41, 5.74) is 0.666. The molecule has 20 heavy (non-hydrogen) atoms. The Morgan fingerprint density at radius 2 is 2.00 bits per heavy atom. The standard InChI is InChI=1S/C12H13FN2O5/c1-7-4-8(2-3-9(7)13)14-12(19)15-10(16)5-20-6-11(17)18/h2-4H,5-6H2,1H3,(H,17,18)(H2,14,15,16,19). The smallest absolute Gasteiger partial charge is 0.329 e. The van der Waals surface area contributed by atoms with Gasteiger partial charge in [-0.2, -0.15) is 0 Å². The van der Waals surface area contributed by atoms with Crippen molar-refractivity contribution in [2.24, 2.45) is 0 Å². The number of ether oxygens (including phenoxy) is 1. The van der Waals surface area contributed by atoms with Crippen molar-refractivity contribution >= 4 is 23.6 Å². The van der Waals surface area contributed by atoms with Crippen LogP contribution in [0.4, 0.5) is 14.9 Å². The quantitative estimate of drug-likeness (QED) is 0.744. The lowest BCUT2D eigenvalue weighted by atomic mass is 10.2. The predicted octanol–water partition coefficient (Wildman–Crippen LogP) is 0.883. The maximum atomic E-state index is 13.0. The SMILES string of the molecule is Cc1cc(NC(=O)NC(=O)COCC(=O)O)ccc1F. The number of benzene rings is 1. The molecule has 0 atom stereocenters. The first-order chi connectivity index (χ1) is 9.38. The van der Waals surface area contributed by atoms with Gasteiger partial charge in [-0.3, -0.25) is 10.1 Å². The fourth-order valence-corrected chi connectivity index (χ4v) is 1.28. The Hall–Kier alpha value is -2.48. The Balaban J connectivity index is 2.41. The van der Waals surface area contributed by atoms with E-state index in [1.54, 1.807) is 0 Å². The normalized spacial score (nSPS) is 9.90. The Morgan fingerprint density at radius 1 is 1.30 bits per heavy atom. The number of hydrogen-bond donors (Lipinski definition) is 3. The van der Waals surface area contributed by atoms with Gasteiger partial charge in [0.1, 0.15) is 19.0 Å². The molecule has 0 spiro atoms. The number of aliphatic carboxylic acids is 1. The molecule has 108 valence electrons. The van der Waals surface area contributed by atoms with Crippen molar-refractivity contribution in [2.45, 2.75) is 6.92 Å². The summed E-state index contributed by atoms with van der Waals surface area (Å²) in [7, 11) is 0. The summed E-state index contributed by atoms with van der Waals surface area (Å²) in [5, 5.41) is 12.6. The molecule has 8 heteroatoms. The molecule has 0 aromatic heterocycles. The number of halogens is 1. The summed E-state index contributed by atoms with van der Waals surface area (Å²) in [4.78, 5) is 32.7. The Labute approximate surface area is 113 Å². The number of anilines is 1. The minimum Gasteiger partial charge on any atom is -0.480 e. The Bertz CT molecular complexity index is 533. The highest BCUT2D eigenvalue weighted by Crippen LogP contribution is 2.13. The number of nitrogens with one attached hydrogen (secondary N) is 2. The van der Waals surface area contributed by atoms with Gasteiger partial charge in [0.05, 0.1) is 0 Å². The maximum absolute atomic E-state index is 13.0. The zero-order chi connectivity index (χ0) is 15.1. The van der Waals surface area contributed by atoms with Crippen LogP contribution in [0.25, 0.3) is 0 Å². The van der Waals surface area contributed by atoms with E-state index in [9.17, 15) is 18.8 Å². The van der Waals surface area contributed by atoms with Crippen LogP contribution in [-0.4, -0.2) is 36.2 Å². The molecule has 3 N–H and O–H groups in total. The van der Waals surface area contributed by atoms with Crippen LogP contribution in [0, 0.1) is 12.7 Å². The minimum atomic E-state index is -1.22. The van der Waals surface area contributed by atoms with Crippen LogP contribution >= 0.6 is 0 Å². The van der Waals surface area contributed by atoms with E-state index in [0.717, 1.165) is 0 Å². The number of urea groups is 1. The molecular weight excluding hydrogens is 271 g/mol. The summed E-state index contributed by atoms with van der Waals surface area (Å²) >= 11 is 0. The molecule has 0 heterocycles. The van der Waals surface area contributed by atoms with Crippen LogP contribution in [0.2, 0.25) is 0 Å². The molecule has 0 radical (unpaired) electrons. The van der Waals surface area contributed by atoms with Crippen molar-refractivity contribution in [2.75, 3.05) is 18.5 Å². The highest BCUT2D eigenvalue weighted by molar-refractivity contribution is 6.01. The number of carboxylic acids is 1. The molecule has 1 aromatic carbocycles. The zero-order valence-corrected chi connectivity index (χ0v) is 10.6. The van der Waals surface area contributed by atoms with Crippen LogP contribution in [0.3, 0.4) is 0 Å². The fraction of sp³-hybridized carbons (Fsp3) is 0.250. The van der Waals surface area contributed by atoms with E-state index in [1.807, 2.05) is 5.32 Å². The van der Waals surface area contributed by atoms with E-state index in [-0.39, 0.29) is 0 Å². The average molecular weight is 284 g/mol. The average Bonchev–Trinajstić information content (AvgIpc) is 2.33. The summed E-state index contributed by atoms with van der Waals surface area (Å²) < 4.78 is 17.5. The van der Waals surface area contributed by atoms with Crippen LogP contribution in [0.1, 0.15) is 5.56 Å². The largest absolute Gasteiger partial charge is 0.480 e. The molecule has 1 rings (SSSR count). The van der Waals surface area contributed by atoms with Gasteiger partial charge in [-0.25, -0.2) is 14.0 Å². The van der Waals surface area contributed by atoms with E-state index >= 15 is 0 Å². The number of aryl methyl sites for hydroxylation is 1. The molecule has 0 aliphatic rings. The van der Waals surface area contributed by atoms with Gasteiger partial charge in [-0.15, -0.1) is 0 Å². The maximum Gasteiger partial charge on any atom is 0.329 e. The number of carbonyl (C=O) groups is 3. The molecule has 0 bridgehead atoms. The first-order valence-electron chi connectivity index (χ1n) is 5.55. The van der Waals surface area contributed by atoms with Crippen molar-refractivity contribution in [1.82, 2.24) is 5.32 Å². The lowest BCUT2D eigenvalue weighted by Crippen LogP contribution is -2.37. The number of amides is 3. The van der Waals surface area contributed by atoms with Gasteiger partial charge in [0.15, 0.2) is 0 Å². The van der Waals surface area contributed by atoms with E-state index in [0.29, 0.717) is 11.3 Å². The highest BCUT2D eigenvalue weighted by atomic mass is 19.1. The molecule has 0 fully saturated rings. The summed E-state index contributed by atoms with van der Waals surface area (Å²) in [6, 6.07) is 3.11.